The molecule has 4 rings (SSSR count). The Hall–Kier alpha value is -2.94. The van der Waals surface area contributed by atoms with E-state index in [1.807, 2.05) is 47.9 Å². The Labute approximate surface area is 141 Å². The van der Waals surface area contributed by atoms with Crippen molar-refractivity contribution < 1.29 is 4.42 Å². The average Bonchev–Trinajstić information content (AvgIpc) is 3.34. The number of tetrazole rings is 1. The van der Waals surface area contributed by atoms with Crippen LogP contribution < -0.4 is 0 Å². The fourth-order valence-electron chi connectivity index (χ4n) is 2.34. The van der Waals surface area contributed by atoms with Crippen LogP contribution in [0.15, 0.2) is 52.2 Å². The molecule has 3 heterocycles. The number of thioether (sulfide) groups is 1. The molecule has 0 fully saturated rings. The molecule has 0 radical (unpaired) electrons. The highest BCUT2D eigenvalue weighted by Crippen LogP contribution is 2.30. The number of H-pyrrole nitrogens is 1. The number of benzene rings is 1. The molecule has 0 spiro atoms. The van der Waals surface area contributed by atoms with E-state index in [2.05, 4.69) is 30.8 Å². The monoisotopic (exact) mass is 339 g/mol. The van der Waals surface area contributed by atoms with Crippen molar-refractivity contribution in [2.24, 2.45) is 0 Å². The number of aryl methyl sites for hydroxylation is 1. The van der Waals surface area contributed by atoms with E-state index >= 15 is 0 Å². The van der Waals surface area contributed by atoms with Crippen LogP contribution in [0.1, 0.15) is 11.6 Å². The first kappa shape index (κ1) is 14.6. The van der Waals surface area contributed by atoms with Gasteiger partial charge in [-0.2, -0.15) is 5.21 Å². The predicted molar refractivity (Wildman–Crippen MR) is 87.5 cm³/mol. The van der Waals surface area contributed by atoms with Gasteiger partial charge in [0.15, 0.2) is 16.8 Å². The fraction of sp³-hybridized carbons (Fsp3) is 0.133. The van der Waals surface area contributed by atoms with Crippen molar-refractivity contribution in [2.75, 3.05) is 0 Å². The zero-order valence-corrected chi connectivity index (χ0v) is 13.6. The topological polar surface area (TPSA) is 98.3 Å². The summed E-state index contributed by atoms with van der Waals surface area (Å²) in [6.07, 6.45) is 1.65. The van der Waals surface area contributed by atoms with Crippen molar-refractivity contribution in [1.29, 1.82) is 0 Å². The minimum atomic E-state index is 0.547. The SMILES string of the molecule is Cc1occc1-c1nnc(SCc2nn[nH]n2)n1-c1ccccc1. The van der Waals surface area contributed by atoms with E-state index in [4.69, 9.17) is 4.42 Å². The number of hydrogen-bond acceptors (Lipinski definition) is 7. The van der Waals surface area contributed by atoms with Crippen molar-refractivity contribution in [2.45, 2.75) is 17.8 Å². The first-order valence-electron chi connectivity index (χ1n) is 7.23. The third-order valence-electron chi connectivity index (χ3n) is 3.47. The van der Waals surface area contributed by atoms with Gasteiger partial charge >= 0.3 is 0 Å². The number of aromatic nitrogens is 7. The van der Waals surface area contributed by atoms with Gasteiger partial charge in [-0.15, -0.1) is 20.4 Å². The summed E-state index contributed by atoms with van der Waals surface area (Å²) in [6.45, 7) is 1.91. The van der Waals surface area contributed by atoms with Gasteiger partial charge in [0.2, 0.25) is 0 Å². The second kappa shape index (κ2) is 6.28. The summed E-state index contributed by atoms with van der Waals surface area (Å²) >= 11 is 1.50. The van der Waals surface area contributed by atoms with E-state index in [9.17, 15) is 0 Å². The van der Waals surface area contributed by atoms with Crippen molar-refractivity contribution in [3.8, 4) is 17.1 Å². The van der Waals surface area contributed by atoms with E-state index in [1.54, 1.807) is 6.26 Å². The van der Waals surface area contributed by atoms with Crippen LogP contribution in [0, 0.1) is 6.92 Å². The number of aromatic amines is 1. The highest BCUT2D eigenvalue weighted by Gasteiger charge is 2.19. The number of rotatable bonds is 5. The maximum atomic E-state index is 5.42. The number of furan rings is 1. The first-order valence-corrected chi connectivity index (χ1v) is 8.22. The molecule has 0 unspecified atom stereocenters. The molecule has 9 heteroatoms. The zero-order chi connectivity index (χ0) is 16.4. The molecule has 120 valence electrons. The molecular weight excluding hydrogens is 326 g/mol. The molecule has 8 nitrogen and oxygen atoms in total. The lowest BCUT2D eigenvalue weighted by Gasteiger charge is -2.09. The van der Waals surface area contributed by atoms with Crippen LogP contribution in [-0.2, 0) is 5.75 Å². The molecule has 3 aromatic heterocycles. The minimum absolute atomic E-state index is 0.547. The lowest BCUT2D eigenvalue weighted by molar-refractivity contribution is 0.535. The van der Waals surface area contributed by atoms with Gasteiger partial charge in [-0.25, -0.2) is 0 Å². The quantitative estimate of drug-likeness (QED) is 0.558. The summed E-state index contributed by atoms with van der Waals surface area (Å²) in [6, 6.07) is 11.9. The van der Waals surface area contributed by atoms with Gasteiger partial charge in [0.25, 0.3) is 0 Å². The Bertz CT molecular complexity index is 930. The average molecular weight is 339 g/mol. The second-order valence-electron chi connectivity index (χ2n) is 4.98. The normalized spacial score (nSPS) is 11.0. The van der Waals surface area contributed by atoms with Crippen LogP contribution >= 0.6 is 11.8 Å². The minimum Gasteiger partial charge on any atom is -0.469 e. The lowest BCUT2D eigenvalue weighted by atomic mass is 10.2. The third-order valence-corrected chi connectivity index (χ3v) is 4.39. The van der Waals surface area contributed by atoms with Gasteiger partial charge in [0, 0.05) is 5.69 Å². The Morgan fingerprint density at radius 1 is 1.12 bits per heavy atom. The number of para-hydroxylation sites is 1. The van der Waals surface area contributed by atoms with Crippen molar-refractivity contribution in [1.82, 2.24) is 35.4 Å². The van der Waals surface area contributed by atoms with E-state index in [0.29, 0.717) is 11.6 Å². The Morgan fingerprint density at radius 2 is 2.00 bits per heavy atom. The van der Waals surface area contributed by atoms with Gasteiger partial charge in [-0.3, -0.25) is 4.57 Å². The summed E-state index contributed by atoms with van der Waals surface area (Å²) in [4.78, 5) is 0. The number of nitrogens with one attached hydrogen (secondary N) is 1. The van der Waals surface area contributed by atoms with Gasteiger partial charge in [0.1, 0.15) is 5.76 Å². The molecule has 1 aromatic carbocycles. The van der Waals surface area contributed by atoms with Crippen LogP contribution in [0.3, 0.4) is 0 Å². The summed E-state index contributed by atoms with van der Waals surface area (Å²) in [5, 5.41) is 23.4. The summed E-state index contributed by atoms with van der Waals surface area (Å²) in [7, 11) is 0. The summed E-state index contributed by atoms with van der Waals surface area (Å²) < 4.78 is 7.42. The highest BCUT2D eigenvalue weighted by molar-refractivity contribution is 7.98. The van der Waals surface area contributed by atoms with Gasteiger partial charge in [-0.1, -0.05) is 35.2 Å². The van der Waals surface area contributed by atoms with Crippen molar-refractivity contribution in [3.63, 3.8) is 0 Å². The van der Waals surface area contributed by atoms with Gasteiger partial charge < -0.3 is 4.42 Å². The molecule has 0 aliphatic carbocycles. The largest absolute Gasteiger partial charge is 0.469 e. The molecule has 0 amide bonds. The molecule has 0 aliphatic rings. The summed E-state index contributed by atoms with van der Waals surface area (Å²) in [5.41, 5.74) is 1.89. The van der Waals surface area contributed by atoms with Crippen LogP contribution in [0.25, 0.3) is 17.1 Å². The zero-order valence-electron chi connectivity index (χ0n) is 12.7. The molecule has 1 N–H and O–H groups in total. The van der Waals surface area contributed by atoms with Gasteiger partial charge in [0.05, 0.1) is 17.6 Å². The van der Waals surface area contributed by atoms with E-state index < -0.39 is 0 Å². The number of nitrogens with zero attached hydrogens (tertiary/aromatic N) is 6. The van der Waals surface area contributed by atoms with E-state index in [1.165, 1.54) is 11.8 Å². The van der Waals surface area contributed by atoms with E-state index in [0.717, 1.165) is 28.0 Å². The first-order chi connectivity index (χ1) is 11.8. The molecular formula is C15H13N7OS. The molecule has 0 bridgehead atoms. The lowest BCUT2D eigenvalue weighted by Crippen LogP contribution is -2.00. The molecule has 0 saturated heterocycles. The standard InChI is InChI=1S/C15H13N7OS/c1-10-12(7-8-23-10)14-18-19-15(24-9-13-16-20-21-17-13)22(14)11-5-3-2-4-6-11/h2-8H,9H2,1H3,(H,16,17,20,21). The maximum Gasteiger partial charge on any atom is 0.196 e. The molecule has 0 atom stereocenters. The molecule has 4 aromatic rings. The van der Waals surface area contributed by atoms with Crippen LogP contribution in [-0.4, -0.2) is 35.4 Å². The van der Waals surface area contributed by atoms with Crippen molar-refractivity contribution >= 4 is 11.8 Å². The van der Waals surface area contributed by atoms with Crippen LogP contribution in [0.2, 0.25) is 0 Å². The molecule has 0 saturated carbocycles. The van der Waals surface area contributed by atoms with E-state index in [-0.39, 0.29) is 0 Å². The highest BCUT2D eigenvalue weighted by atomic mass is 32.2. The van der Waals surface area contributed by atoms with Crippen LogP contribution in [0.5, 0.6) is 0 Å². The van der Waals surface area contributed by atoms with Gasteiger partial charge in [-0.05, 0) is 25.1 Å². The molecule has 24 heavy (non-hydrogen) atoms. The third kappa shape index (κ3) is 2.69. The number of hydrogen-bond donors (Lipinski definition) is 1. The Balaban J connectivity index is 1.76. The molecule has 0 aliphatic heterocycles. The second-order valence-corrected chi connectivity index (χ2v) is 5.93. The smallest absolute Gasteiger partial charge is 0.196 e. The Morgan fingerprint density at radius 3 is 2.71 bits per heavy atom. The summed E-state index contributed by atoms with van der Waals surface area (Å²) in [5.74, 6) is 2.70. The Kier molecular flexibility index (Phi) is 3.83. The van der Waals surface area contributed by atoms with Crippen molar-refractivity contribution in [3.05, 3.63) is 54.2 Å². The maximum absolute atomic E-state index is 5.42. The predicted octanol–water partition coefficient (Wildman–Crippen LogP) is 2.64. The van der Waals surface area contributed by atoms with Crippen LogP contribution in [0.4, 0.5) is 0 Å². The fourth-order valence-corrected chi connectivity index (χ4v) is 3.14.